The van der Waals surface area contributed by atoms with Gasteiger partial charge in [-0.15, -0.1) is 6.58 Å². The van der Waals surface area contributed by atoms with Gasteiger partial charge in [0.1, 0.15) is 6.54 Å². The number of allylic oxidation sites excluding steroid dienone is 1. The van der Waals surface area contributed by atoms with Crippen molar-refractivity contribution in [3.8, 4) is 0 Å². The second-order valence-corrected chi connectivity index (χ2v) is 9.46. The molecule has 1 amide bonds. The molecular weight excluding hydrogens is 366 g/mol. The van der Waals surface area contributed by atoms with Gasteiger partial charge in [0.2, 0.25) is 5.78 Å². The summed E-state index contributed by atoms with van der Waals surface area (Å²) in [5, 5.41) is 2.79. The third kappa shape index (κ3) is 5.52. The van der Waals surface area contributed by atoms with Crippen molar-refractivity contribution in [1.82, 2.24) is 9.88 Å². The zero-order valence-corrected chi connectivity index (χ0v) is 17.2. The monoisotopic (exact) mass is 396 g/mol. The van der Waals surface area contributed by atoms with Crippen molar-refractivity contribution in [3.05, 3.63) is 35.7 Å². The van der Waals surface area contributed by atoms with Crippen LogP contribution in [0.5, 0.6) is 0 Å². The van der Waals surface area contributed by atoms with Crippen LogP contribution in [0, 0.1) is 13.8 Å². The number of sulfone groups is 1. The van der Waals surface area contributed by atoms with E-state index in [4.69, 9.17) is 0 Å². The SMILES string of the molecule is C=CCn1c(C)cc(C(=O)C[NH+](CC)CC(=O)N[C@@H]2CCS(=O)(=O)C2)c1C. The maximum Gasteiger partial charge on any atom is 0.275 e. The molecule has 0 aromatic carbocycles. The number of rotatable bonds is 9. The summed E-state index contributed by atoms with van der Waals surface area (Å²) in [6, 6.07) is 1.58. The van der Waals surface area contributed by atoms with Crippen LogP contribution < -0.4 is 10.2 Å². The fourth-order valence-electron chi connectivity index (χ4n) is 3.54. The molecule has 27 heavy (non-hydrogen) atoms. The molecule has 2 rings (SSSR count). The second-order valence-electron chi connectivity index (χ2n) is 7.23. The number of nitrogens with one attached hydrogen (secondary N) is 2. The van der Waals surface area contributed by atoms with Crippen LogP contribution in [0.25, 0.3) is 0 Å². The molecule has 1 aliphatic rings. The fraction of sp³-hybridized carbons (Fsp3) is 0.579. The van der Waals surface area contributed by atoms with Crippen LogP contribution in [-0.2, 0) is 21.2 Å². The molecule has 1 unspecified atom stereocenters. The summed E-state index contributed by atoms with van der Waals surface area (Å²) in [4.78, 5) is 25.9. The lowest BCUT2D eigenvalue weighted by molar-refractivity contribution is -0.881. The highest BCUT2D eigenvalue weighted by Gasteiger charge is 2.30. The molecule has 1 aromatic heterocycles. The number of Topliss-reactive ketones (excluding diaryl/α,β-unsaturated/α-hetero) is 1. The molecule has 0 aliphatic carbocycles. The Morgan fingerprint density at radius 2 is 2.07 bits per heavy atom. The normalized spacial score (nSPS) is 19.6. The van der Waals surface area contributed by atoms with Gasteiger partial charge >= 0.3 is 0 Å². The first-order valence-electron chi connectivity index (χ1n) is 9.31. The highest BCUT2D eigenvalue weighted by atomic mass is 32.2. The van der Waals surface area contributed by atoms with Crippen molar-refractivity contribution in [2.75, 3.05) is 31.1 Å². The van der Waals surface area contributed by atoms with Gasteiger partial charge in [0.25, 0.3) is 5.91 Å². The zero-order chi connectivity index (χ0) is 20.2. The van der Waals surface area contributed by atoms with Crippen molar-refractivity contribution in [2.24, 2.45) is 0 Å². The molecular formula is C19H30N3O4S+. The van der Waals surface area contributed by atoms with E-state index in [-0.39, 0.29) is 42.3 Å². The number of aryl methyl sites for hydroxylation is 1. The lowest BCUT2D eigenvalue weighted by Crippen LogP contribution is -3.13. The molecule has 1 fully saturated rings. The highest BCUT2D eigenvalue weighted by molar-refractivity contribution is 7.91. The average molecular weight is 397 g/mol. The summed E-state index contributed by atoms with van der Waals surface area (Å²) < 4.78 is 25.0. The highest BCUT2D eigenvalue weighted by Crippen LogP contribution is 2.15. The van der Waals surface area contributed by atoms with Crippen molar-refractivity contribution in [1.29, 1.82) is 0 Å². The van der Waals surface area contributed by atoms with Crippen LogP contribution in [0.3, 0.4) is 0 Å². The lowest BCUT2D eigenvalue weighted by Gasteiger charge is -2.18. The van der Waals surface area contributed by atoms with Crippen LogP contribution in [0.4, 0.5) is 0 Å². The van der Waals surface area contributed by atoms with E-state index in [0.29, 0.717) is 25.1 Å². The number of nitrogens with zero attached hydrogens (tertiary/aromatic N) is 1. The van der Waals surface area contributed by atoms with Crippen molar-refractivity contribution < 1.29 is 22.9 Å². The number of carbonyl (C=O) groups is 2. The van der Waals surface area contributed by atoms with E-state index in [1.807, 2.05) is 31.4 Å². The Labute approximate surface area is 161 Å². The summed E-state index contributed by atoms with van der Waals surface area (Å²) in [5.41, 5.74) is 2.60. The minimum atomic E-state index is -3.03. The van der Waals surface area contributed by atoms with Crippen LogP contribution in [0.2, 0.25) is 0 Å². The Kier molecular flexibility index (Phi) is 7.00. The summed E-state index contributed by atoms with van der Waals surface area (Å²) >= 11 is 0. The second kappa shape index (κ2) is 8.84. The first-order chi connectivity index (χ1) is 12.7. The zero-order valence-electron chi connectivity index (χ0n) is 16.4. The molecule has 0 bridgehead atoms. The van der Waals surface area contributed by atoms with E-state index in [0.717, 1.165) is 16.3 Å². The number of hydrogen-bond acceptors (Lipinski definition) is 4. The lowest BCUT2D eigenvalue weighted by atomic mass is 10.1. The van der Waals surface area contributed by atoms with E-state index in [2.05, 4.69) is 11.9 Å². The number of carbonyl (C=O) groups excluding carboxylic acids is 2. The maximum absolute atomic E-state index is 12.7. The van der Waals surface area contributed by atoms with Gasteiger partial charge in [-0.3, -0.25) is 9.59 Å². The first-order valence-corrected chi connectivity index (χ1v) is 11.1. The van der Waals surface area contributed by atoms with Crippen molar-refractivity contribution in [2.45, 2.75) is 39.8 Å². The van der Waals surface area contributed by atoms with Crippen LogP contribution in [0.1, 0.15) is 35.1 Å². The van der Waals surface area contributed by atoms with Gasteiger partial charge in [0, 0.05) is 29.5 Å². The van der Waals surface area contributed by atoms with Crippen LogP contribution in [0.15, 0.2) is 18.7 Å². The predicted octanol–water partition coefficient (Wildman–Crippen LogP) is -0.318. The average Bonchev–Trinajstić information content (AvgIpc) is 3.07. The number of hydrogen-bond donors (Lipinski definition) is 2. The van der Waals surface area contributed by atoms with E-state index < -0.39 is 9.84 Å². The Morgan fingerprint density at radius 3 is 2.63 bits per heavy atom. The molecule has 0 saturated carbocycles. The molecule has 1 aromatic rings. The smallest absolute Gasteiger partial charge is 0.275 e. The summed E-state index contributed by atoms with van der Waals surface area (Å²) in [6.07, 6.45) is 2.26. The quantitative estimate of drug-likeness (QED) is 0.442. The molecule has 0 spiro atoms. The molecule has 1 saturated heterocycles. The third-order valence-corrected chi connectivity index (χ3v) is 6.87. The van der Waals surface area contributed by atoms with Gasteiger partial charge in [-0.1, -0.05) is 6.08 Å². The molecule has 0 radical (unpaired) electrons. The molecule has 2 N–H and O–H groups in total. The summed E-state index contributed by atoms with van der Waals surface area (Å²) in [5.74, 6) is -0.0689. The summed E-state index contributed by atoms with van der Waals surface area (Å²) in [6.45, 7) is 11.2. The molecule has 2 atom stereocenters. The Morgan fingerprint density at radius 1 is 1.37 bits per heavy atom. The van der Waals surface area contributed by atoms with Gasteiger partial charge in [0.15, 0.2) is 16.4 Å². The maximum atomic E-state index is 12.7. The van der Waals surface area contributed by atoms with E-state index in [1.165, 1.54) is 0 Å². The number of likely N-dealkylation sites (N-methyl/N-ethyl adjacent to an activating group) is 1. The fourth-order valence-corrected chi connectivity index (χ4v) is 5.22. The van der Waals surface area contributed by atoms with Crippen molar-refractivity contribution >= 4 is 21.5 Å². The standard InChI is InChI=1S/C19H29N3O4S/c1-5-8-22-14(3)10-17(15(22)4)18(23)11-21(6-2)12-19(24)20-16-7-9-27(25,26)13-16/h5,10,16H,1,6-9,11-13H2,2-4H3,(H,20,24)/p+1/t16-/m1/s1. The molecule has 150 valence electrons. The van der Waals surface area contributed by atoms with Gasteiger partial charge in [0.05, 0.1) is 18.1 Å². The molecule has 8 heteroatoms. The molecule has 1 aliphatic heterocycles. The van der Waals surface area contributed by atoms with E-state index in [1.54, 1.807) is 6.08 Å². The molecule has 7 nitrogen and oxygen atoms in total. The number of amides is 1. The predicted molar refractivity (Wildman–Crippen MR) is 105 cm³/mol. The molecule has 2 heterocycles. The number of ketones is 1. The van der Waals surface area contributed by atoms with Gasteiger partial charge in [-0.2, -0.15) is 0 Å². The minimum absolute atomic E-state index is 0.00602. The summed E-state index contributed by atoms with van der Waals surface area (Å²) in [7, 11) is -3.03. The third-order valence-electron chi connectivity index (χ3n) is 5.10. The topological polar surface area (TPSA) is 89.7 Å². The van der Waals surface area contributed by atoms with Crippen molar-refractivity contribution in [3.63, 3.8) is 0 Å². The minimum Gasteiger partial charge on any atom is -0.347 e. The van der Waals surface area contributed by atoms with Gasteiger partial charge in [-0.05, 0) is 33.3 Å². The number of quaternary nitrogens is 1. The van der Waals surface area contributed by atoms with Gasteiger partial charge in [-0.25, -0.2) is 8.42 Å². The van der Waals surface area contributed by atoms with Crippen LogP contribution in [-0.4, -0.2) is 61.9 Å². The van der Waals surface area contributed by atoms with Gasteiger partial charge < -0.3 is 14.8 Å². The number of aromatic nitrogens is 1. The van der Waals surface area contributed by atoms with E-state index >= 15 is 0 Å². The Balaban J connectivity index is 1.96. The Bertz CT molecular complexity index is 826. The van der Waals surface area contributed by atoms with E-state index in [9.17, 15) is 18.0 Å². The Hall–Kier alpha value is -1.93. The largest absolute Gasteiger partial charge is 0.347 e. The van der Waals surface area contributed by atoms with Crippen LogP contribution >= 0.6 is 0 Å². The first kappa shape index (κ1) is 21.4.